The van der Waals surface area contributed by atoms with Crippen LogP contribution in [-0.2, 0) is 6.54 Å². The summed E-state index contributed by atoms with van der Waals surface area (Å²) in [6, 6.07) is 3.88. The molecule has 0 spiro atoms. The van der Waals surface area contributed by atoms with E-state index in [1.807, 2.05) is 19.1 Å². The van der Waals surface area contributed by atoms with E-state index >= 15 is 0 Å². The second kappa shape index (κ2) is 6.01. The number of hydrogen-bond donors (Lipinski definition) is 2. The summed E-state index contributed by atoms with van der Waals surface area (Å²) in [5.41, 5.74) is 1.63. The van der Waals surface area contributed by atoms with E-state index in [-0.39, 0.29) is 11.6 Å². The number of rotatable bonds is 5. The lowest BCUT2D eigenvalue weighted by Crippen LogP contribution is -2.21. The van der Waals surface area contributed by atoms with Crippen LogP contribution in [0.3, 0.4) is 0 Å². The molecule has 2 aromatic rings. The first-order valence-corrected chi connectivity index (χ1v) is 5.84. The van der Waals surface area contributed by atoms with Crippen molar-refractivity contribution >= 4 is 5.97 Å². The zero-order valence-electron chi connectivity index (χ0n) is 10.4. The van der Waals surface area contributed by atoms with Crippen molar-refractivity contribution in [3.05, 3.63) is 53.9 Å². The predicted molar refractivity (Wildman–Crippen MR) is 68.5 cm³/mol. The fourth-order valence-corrected chi connectivity index (χ4v) is 1.67. The van der Waals surface area contributed by atoms with Crippen molar-refractivity contribution in [1.29, 1.82) is 0 Å². The number of carboxylic acid groups (broad SMARTS) is 1. The van der Waals surface area contributed by atoms with Crippen LogP contribution in [-0.4, -0.2) is 26.0 Å². The zero-order chi connectivity index (χ0) is 13.7. The maximum absolute atomic E-state index is 11.0. The molecule has 0 amide bonds. The van der Waals surface area contributed by atoms with Gasteiger partial charge >= 0.3 is 5.97 Å². The third kappa shape index (κ3) is 3.32. The van der Waals surface area contributed by atoms with Crippen molar-refractivity contribution in [3.8, 4) is 0 Å². The molecule has 2 rings (SSSR count). The smallest absolute Gasteiger partial charge is 0.339 e. The van der Waals surface area contributed by atoms with Crippen molar-refractivity contribution < 1.29 is 9.90 Å². The molecule has 0 aliphatic carbocycles. The number of hydrogen-bond acceptors (Lipinski definition) is 5. The maximum atomic E-state index is 11.0. The van der Waals surface area contributed by atoms with Crippen LogP contribution >= 0.6 is 0 Å². The molecule has 19 heavy (non-hydrogen) atoms. The number of carboxylic acids is 1. The van der Waals surface area contributed by atoms with E-state index in [4.69, 9.17) is 5.11 Å². The van der Waals surface area contributed by atoms with Gasteiger partial charge in [-0.15, -0.1) is 0 Å². The summed E-state index contributed by atoms with van der Waals surface area (Å²) >= 11 is 0. The number of nitrogens with one attached hydrogen (secondary N) is 1. The Bertz CT molecular complexity index is 560. The topological polar surface area (TPSA) is 88.0 Å². The lowest BCUT2D eigenvalue weighted by Gasteiger charge is -2.14. The normalized spacial score (nSPS) is 12.1. The highest BCUT2D eigenvalue weighted by Gasteiger charge is 2.12. The molecule has 0 aromatic carbocycles. The lowest BCUT2D eigenvalue weighted by atomic mass is 10.1. The number of pyridine rings is 1. The van der Waals surface area contributed by atoms with E-state index < -0.39 is 5.97 Å². The highest BCUT2D eigenvalue weighted by Crippen LogP contribution is 2.11. The molecule has 0 unspecified atom stereocenters. The van der Waals surface area contributed by atoms with Gasteiger partial charge in [0.2, 0.25) is 0 Å². The van der Waals surface area contributed by atoms with Crippen molar-refractivity contribution in [2.24, 2.45) is 0 Å². The fourth-order valence-electron chi connectivity index (χ4n) is 1.67. The maximum Gasteiger partial charge on any atom is 0.339 e. The van der Waals surface area contributed by atoms with Gasteiger partial charge in [0, 0.05) is 31.2 Å². The zero-order valence-corrected chi connectivity index (χ0v) is 10.4. The summed E-state index contributed by atoms with van der Waals surface area (Å²) in [6.45, 7) is 2.35. The molecule has 6 heteroatoms. The van der Waals surface area contributed by atoms with Crippen LogP contribution in [0.1, 0.15) is 34.6 Å². The third-order valence-corrected chi connectivity index (χ3v) is 2.79. The van der Waals surface area contributed by atoms with Gasteiger partial charge < -0.3 is 10.4 Å². The van der Waals surface area contributed by atoms with Crippen LogP contribution in [0.5, 0.6) is 0 Å². The van der Waals surface area contributed by atoms with Gasteiger partial charge in [0.25, 0.3) is 0 Å². The Morgan fingerprint density at radius 3 is 2.95 bits per heavy atom. The SMILES string of the molecule is C[C@@H](NCc1ncncc1C(=O)O)c1cccnc1. The molecule has 98 valence electrons. The second-order valence-electron chi connectivity index (χ2n) is 4.08. The Hall–Kier alpha value is -2.34. The lowest BCUT2D eigenvalue weighted by molar-refractivity contribution is 0.0694. The summed E-state index contributed by atoms with van der Waals surface area (Å²) < 4.78 is 0. The molecule has 0 fully saturated rings. The van der Waals surface area contributed by atoms with Gasteiger partial charge in [-0.05, 0) is 18.6 Å². The number of carbonyl (C=O) groups is 1. The van der Waals surface area contributed by atoms with E-state index in [1.165, 1.54) is 12.5 Å². The highest BCUT2D eigenvalue weighted by molar-refractivity contribution is 5.88. The molecule has 0 aliphatic rings. The summed E-state index contributed by atoms with van der Waals surface area (Å²) in [7, 11) is 0. The monoisotopic (exact) mass is 258 g/mol. The Labute approximate surface area is 110 Å². The second-order valence-corrected chi connectivity index (χ2v) is 4.08. The van der Waals surface area contributed by atoms with Gasteiger partial charge in [-0.1, -0.05) is 6.07 Å². The van der Waals surface area contributed by atoms with Crippen LogP contribution in [0.2, 0.25) is 0 Å². The first kappa shape index (κ1) is 13.1. The van der Waals surface area contributed by atoms with E-state index in [9.17, 15) is 4.79 Å². The minimum Gasteiger partial charge on any atom is -0.478 e. The van der Waals surface area contributed by atoms with Gasteiger partial charge in [0.05, 0.1) is 5.69 Å². The molecule has 2 N–H and O–H groups in total. The summed E-state index contributed by atoms with van der Waals surface area (Å²) in [5.74, 6) is -1.02. The molecular weight excluding hydrogens is 244 g/mol. The molecule has 1 atom stereocenters. The first-order chi connectivity index (χ1) is 9.18. The van der Waals surface area contributed by atoms with Crippen LogP contribution in [0.25, 0.3) is 0 Å². The molecule has 0 saturated heterocycles. The van der Waals surface area contributed by atoms with E-state index in [0.717, 1.165) is 5.56 Å². The Morgan fingerprint density at radius 2 is 2.26 bits per heavy atom. The van der Waals surface area contributed by atoms with Crippen LogP contribution in [0.4, 0.5) is 0 Å². The standard InChI is InChI=1S/C13H14N4O2/c1-9(10-3-2-4-14-5-10)16-7-12-11(13(18)19)6-15-8-17-12/h2-6,8-9,16H,7H2,1H3,(H,18,19)/t9-/m1/s1. The first-order valence-electron chi connectivity index (χ1n) is 5.84. The van der Waals surface area contributed by atoms with Gasteiger partial charge in [0.15, 0.2) is 0 Å². The Balaban J connectivity index is 2.05. The molecule has 2 aromatic heterocycles. The average molecular weight is 258 g/mol. The van der Waals surface area contributed by atoms with Crippen LogP contribution in [0.15, 0.2) is 37.1 Å². The molecule has 0 bridgehead atoms. The van der Waals surface area contributed by atoms with Gasteiger partial charge in [-0.2, -0.15) is 0 Å². The van der Waals surface area contributed by atoms with Gasteiger partial charge in [-0.25, -0.2) is 14.8 Å². The number of nitrogens with zero attached hydrogens (tertiary/aromatic N) is 3. The minimum absolute atomic E-state index is 0.0605. The van der Waals surface area contributed by atoms with E-state index in [0.29, 0.717) is 12.2 Å². The van der Waals surface area contributed by atoms with E-state index in [2.05, 4.69) is 20.3 Å². The summed E-state index contributed by atoms with van der Waals surface area (Å²) in [5, 5.41) is 12.2. The molecule has 0 radical (unpaired) electrons. The fraction of sp³-hybridized carbons (Fsp3) is 0.231. The van der Waals surface area contributed by atoms with E-state index in [1.54, 1.807) is 12.4 Å². The molecular formula is C13H14N4O2. The summed E-state index contributed by atoms with van der Waals surface area (Å²) in [6.07, 6.45) is 6.14. The van der Waals surface area contributed by atoms with Crippen molar-refractivity contribution in [2.45, 2.75) is 19.5 Å². The summed E-state index contributed by atoms with van der Waals surface area (Å²) in [4.78, 5) is 22.8. The van der Waals surface area contributed by atoms with Crippen LogP contribution < -0.4 is 5.32 Å². The number of aromatic nitrogens is 3. The quantitative estimate of drug-likeness (QED) is 0.843. The van der Waals surface area contributed by atoms with Crippen molar-refractivity contribution in [1.82, 2.24) is 20.3 Å². The Kier molecular flexibility index (Phi) is 4.15. The largest absolute Gasteiger partial charge is 0.478 e. The molecule has 0 saturated carbocycles. The molecule has 6 nitrogen and oxygen atoms in total. The Morgan fingerprint density at radius 1 is 1.42 bits per heavy atom. The molecule has 2 heterocycles. The number of aromatic carboxylic acids is 1. The highest BCUT2D eigenvalue weighted by atomic mass is 16.4. The van der Waals surface area contributed by atoms with Gasteiger partial charge in [0.1, 0.15) is 11.9 Å². The third-order valence-electron chi connectivity index (χ3n) is 2.79. The molecule has 0 aliphatic heterocycles. The predicted octanol–water partition coefficient (Wildman–Crippen LogP) is 1.42. The van der Waals surface area contributed by atoms with Crippen LogP contribution in [0, 0.1) is 0 Å². The minimum atomic E-state index is -1.02. The van der Waals surface area contributed by atoms with Gasteiger partial charge in [-0.3, -0.25) is 4.98 Å². The van der Waals surface area contributed by atoms with Crippen molar-refractivity contribution in [2.75, 3.05) is 0 Å². The van der Waals surface area contributed by atoms with Crippen molar-refractivity contribution in [3.63, 3.8) is 0 Å². The average Bonchev–Trinajstić information content (AvgIpc) is 2.46.